The lowest BCUT2D eigenvalue weighted by Crippen LogP contribution is -2.58. The number of hydrogen-bond donors (Lipinski definition) is 2. The van der Waals surface area contributed by atoms with Crippen molar-refractivity contribution in [3.8, 4) is 0 Å². The SMILES string of the molecule is CCNc1ccc(S(=O)(=O)N2CC(=O)NC(=O)C2C)cc1. The van der Waals surface area contributed by atoms with Gasteiger partial charge in [0.1, 0.15) is 6.04 Å². The van der Waals surface area contributed by atoms with Crippen LogP contribution in [-0.2, 0) is 19.6 Å². The van der Waals surface area contributed by atoms with E-state index in [4.69, 9.17) is 0 Å². The van der Waals surface area contributed by atoms with E-state index in [1.165, 1.54) is 19.1 Å². The van der Waals surface area contributed by atoms with Crippen LogP contribution < -0.4 is 10.6 Å². The monoisotopic (exact) mass is 311 g/mol. The number of carbonyl (C=O) groups is 2. The van der Waals surface area contributed by atoms with Gasteiger partial charge in [-0.25, -0.2) is 8.42 Å². The van der Waals surface area contributed by atoms with E-state index in [0.29, 0.717) is 0 Å². The normalized spacial score (nSPS) is 20.2. The molecule has 1 aliphatic rings. The van der Waals surface area contributed by atoms with Crippen molar-refractivity contribution >= 4 is 27.5 Å². The van der Waals surface area contributed by atoms with Crippen molar-refractivity contribution < 1.29 is 18.0 Å². The second-order valence-electron chi connectivity index (χ2n) is 4.69. The Morgan fingerprint density at radius 3 is 2.48 bits per heavy atom. The van der Waals surface area contributed by atoms with Crippen LogP contribution in [0.5, 0.6) is 0 Å². The van der Waals surface area contributed by atoms with E-state index in [1.54, 1.807) is 12.1 Å². The molecule has 1 atom stereocenters. The highest BCUT2D eigenvalue weighted by Gasteiger charge is 2.38. The molecule has 0 aromatic heterocycles. The Kier molecular flexibility index (Phi) is 4.29. The Morgan fingerprint density at radius 1 is 1.29 bits per heavy atom. The summed E-state index contributed by atoms with van der Waals surface area (Å²) in [5, 5.41) is 5.18. The Bertz CT molecular complexity index is 654. The molecule has 2 amide bonds. The Morgan fingerprint density at radius 2 is 1.90 bits per heavy atom. The summed E-state index contributed by atoms with van der Waals surface area (Å²) >= 11 is 0. The summed E-state index contributed by atoms with van der Waals surface area (Å²) < 4.78 is 26.0. The van der Waals surface area contributed by atoms with Gasteiger partial charge in [0.25, 0.3) is 0 Å². The summed E-state index contributed by atoms with van der Waals surface area (Å²) in [5.41, 5.74) is 0.803. The Hall–Kier alpha value is -1.93. The number of nitrogens with one attached hydrogen (secondary N) is 2. The van der Waals surface area contributed by atoms with Crippen LogP contribution >= 0.6 is 0 Å². The summed E-state index contributed by atoms with van der Waals surface area (Å²) in [6, 6.07) is 5.29. The Labute approximate surface area is 123 Å². The summed E-state index contributed by atoms with van der Waals surface area (Å²) in [4.78, 5) is 23.0. The number of amides is 2. The first-order valence-electron chi connectivity index (χ1n) is 6.55. The summed E-state index contributed by atoms with van der Waals surface area (Å²) in [6.45, 7) is 3.75. The zero-order valence-electron chi connectivity index (χ0n) is 11.8. The minimum absolute atomic E-state index is 0.0542. The zero-order chi connectivity index (χ0) is 15.6. The first-order valence-corrected chi connectivity index (χ1v) is 7.99. The molecule has 0 saturated carbocycles. The third-order valence-electron chi connectivity index (χ3n) is 3.22. The fourth-order valence-corrected chi connectivity index (χ4v) is 3.62. The number of piperazine rings is 1. The number of nitrogens with zero attached hydrogens (tertiary/aromatic N) is 1. The van der Waals surface area contributed by atoms with Crippen LogP contribution in [0, 0.1) is 0 Å². The molecule has 114 valence electrons. The third kappa shape index (κ3) is 3.06. The molecule has 1 heterocycles. The van der Waals surface area contributed by atoms with E-state index in [-0.39, 0.29) is 11.4 Å². The number of benzene rings is 1. The van der Waals surface area contributed by atoms with Crippen LogP contribution in [0.25, 0.3) is 0 Å². The minimum Gasteiger partial charge on any atom is -0.385 e. The smallest absolute Gasteiger partial charge is 0.244 e. The number of carbonyl (C=O) groups excluding carboxylic acids is 2. The van der Waals surface area contributed by atoms with Crippen molar-refractivity contribution in [1.82, 2.24) is 9.62 Å². The van der Waals surface area contributed by atoms with Gasteiger partial charge in [0.15, 0.2) is 0 Å². The molecular weight excluding hydrogens is 294 g/mol. The molecule has 1 aromatic rings. The number of sulfonamides is 1. The van der Waals surface area contributed by atoms with Gasteiger partial charge >= 0.3 is 0 Å². The lowest BCUT2D eigenvalue weighted by Gasteiger charge is -2.30. The van der Waals surface area contributed by atoms with Crippen LogP contribution in [0.3, 0.4) is 0 Å². The average Bonchev–Trinajstić information content (AvgIpc) is 2.43. The van der Waals surface area contributed by atoms with Crippen molar-refractivity contribution in [1.29, 1.82) is 0 Å². The van der Waals surface area contributed by atoms with E-state index in [0.717, 1.165) is 16.5 Å². The molecule has 1 unspecified atom stereocenters. The maximum Gasteiger partial charge on any atom is 0.244 e. The second-order valence-corrected chi connectivity index (χ2v) is 6.58. The van der Waals surface area contributed by atoms with Gasteiger partial charge in [-0.2, -0.15) is 4.31 Å². The predicted molar refractivity (Wildman–Crippen MR) is 77.1 cm³/mol. The first kappa shape index (κ1) is 15.5. The molecule has 2 rings (SSSR count). The molecule has 0 aliphatic carbocycles. The van der Waals surface area contributed by atoms with Crippen LogP contribution in [-0.4, -0.2) is 43.7 Å². The number of imide groups is 1. The molecule has 0 radical (unpaired) electrons. The fourth-order valence-electron chi connectivity index (χ4n) is 2.07. The molecule has 21 heavy (non-hydrogen) atoms. The fraction of sp³-hybridized carbons (Fsp3) is 0.385. The maximum absolute atomic E-state index is 12.5. The highest BCUT2D eigenvalue weighted by atomic mass is 32.2. The van der Waals surface area contributed by atoms with Gasteiger partial charge in [-0.3, -0.25) is 14.9 Å². The van der Waals surface area contributed by atoms with Gasteiger partial charge in [-0.15, -0.1) is 0 Å². The largest absolute Gasteiger partial charge is 0.385 e. The standard InChI is InChI=1S/C13H17N3O4S/c1-3-14-10-4-6-11(7-5-10)21(19,20)16-8-12(17)15-13(18)9(16)2/h4-7,9,14H,3,8H2,1-2H3,(H,15,17,18). The molecule has 0 bridgehead atoms. The van der Waals surface area contributed by atoms with Gasteiger partial charge in [0.2, 0.25) is 21.8 Å². The molecule has 1 fully saturated rings. The van der Waals surface area contributed by atoms with E-state index in [1.807, 2.05) is 6.92 Å². The minimum atomic E-state index is -3.88. The van der Waals surface area contributed by atoms with Crippen molar-refractivity contribution in [3.05, 3.63) is 24.3 Å². The van der Waals surface area contributed by atoms with Crippen molar-refractivity contribution in [2.24, 2.45) is 0 Å². The molecule has 2 N–H and O–H groups in total. The van der Waals surface area contributed by atoms with E-state index in [2.05, 4.69) is 10.6 Å². The zero-order valence-corrected chi connectivity index (χ0v) is 12.6. The molecule has 7 nitrogen and oxygen atoms in total. The number of hydrogen-bond acceptors (Lipinski definition) is 5. The van der Waals surface area contributed by atoms with Gasteiger partial charge in [-0.1, -0.05) is 0 Å². The van der Waals surface area contributed by atoms with Gasteiger partial charge < -0.3 is 5.32 Å². The molecule has 0 spiro atoms. The summed E-state index contributed by atoms with van der Waals surface area (Å²) in [6.07, 6.45) is 0. The van der Waals surface area contributed by atoms with Gasteiger partial charge in [0.05, 0.1) is 11.4 Å². The van der Waals surface area contributed by atoms with Gasteiger partial charge in [-0.05, 0) is 38.1 Å². The number of anilines is 1. The molecule has 1 saturated heterocycles. The molecule has 8 heteroatoms. The van der Waals surface area contributed by atoms with Gasteiger partial charge in [0, 0.05) is 12.2 Å². The molecule has 1 aromatic carbocycles. The van der Waals surface area contributed by atoms with Crippen LogP contribution in [0.1, 0.15) is 13.8 Å². The lowest BCUT2D eigenvalue weighted by molar-refractivity contribution is -0.136. The summed E-state index contributed by atoms with van der Waals surface area (Å²) in [7, 11) is -3.88. The van der Waals surface area contributed by atoms with E-state index < -0.39 is 27.9 Å². The second kappa shape index (κ2) is 5.82. The van der Waals surface area contributed by atoms with Crippen molar-refractivity contribution in [2.75, 3.05) is 18.4 Å². The van der Waals surface area contributed by atoms with Crippen LogP contribution in [0.15, 0.2) is 29.2 Å². The lowest BCUT2D eigenvalue weighted by atomic mass is 10.2. The predicted octanol–water partition coefficient (Wildman–Crippen LogP) is 0.154. The Balaban J connectivity index is 2.32. The van der Waals surface area contributed by atoms with Crippen LogP contribution in [0.4, 0.5) is 5.69 Å². The third-order valence-corrected chi connectivity index (χ3v) is 5.15. The molecular formula is C13H17N3O4S. The number of rotatable bonds is 4. The van der Waals surface area contributed by atoms with Crippen LogP contribution in [0.2, 0.25) is 0 Å². The average molecular weight is 311 g/mol. The molecule has 1 aliphatic heterocycles. The highest BCUT2D eigenvalue weighted by Crippen LogP contribution is 2.21. The van der Waals surface area contributed by atoms with Crippen molar-refractivity contribution in [3.63, 3.8) is 0 Å². The van der Waals surface area contributed by atoms with E-state index >= 15 is 0 Å². The van der Waals surface area contributed by atoms with E-state index in [9.17, 15) is 18.0 Å². The van der Waals surface area contributed by atoms with Crippen molar-refractivity contribution in [2.45, 2.75) is 24.8 Å². The highest BCUT2D eigenvalue weighted by molar-refractivity contribution is 7.89. The summed E-state index contributed by atoms with van der Waals surface area (Å²) in [5.74, 6) is -1.23. The maximum atomic E-state index is 12.5. The topological polar surface area (TPSA) is 95.6 Å². The quantitative estimate of drug-likeness (QED) is 0.772. The first-order chi connectivity index (χ1) is 9.86.